The molecule has 0 spiro atoms. The highest BCUT2D eigenvalue weighted by atomic mass is 35.5. The van der Waals surface area contributed by atoms with Gasteiger partial charge in [0.2, 0.25) is 0 Å². The van der Waals surface area contributed by atoms with Crippen LogP contribution in [-0.4, -0.2) is 18.1 Å². The Balaban J connectivity index is 1.77. The van der Waals surface area contributed by atoms with E-state index in [1.165, 1.54) is 0 Å². The zero-order chi connectivity index (χ0) is 15.5. The van der Waals surface area contributed by atoms with Crippen molar-refractivity contribution in [1.82, 2.24) is 10.9 Å². The lowest BCUT2D eigenvalue weighted by Crippen LogP contribution is -2.39. The number of amides is 2. The average molecular weight is 317 g/mol. The fourth-order valence-electron chi connectivity index (χ4n) is 2.73. The zero-order valence-corrected chi connectivity index (χ0v) is 12.3. The van der Waals surface area contributed by atoms with Crippen LogP contribution in [0.4, 0.5) is 9.59 Å². The highest BCUT2D eigenvalue weighted by Gasteiger charge is 2.28. The molecule has 3 rings (SSSR count). The number of halogens is 1. The molecule has 0 saturated carbocycles. The summed E-state index contributed by atoms with van der Waals surface area (Å²) in [5.41, 5.74) is 8.58. The van der Waals surface area contributed by atoms with Gasteiger partial charge in [-0.3, -0.25) is 10.2 Å². The molecule has 0 radical (unpaired) electrons. The molecule has 0 aliphatic heterocycles. The highest BCUT2D eigenvalue weighted by Crippen LogP contribution is 2.44. The first-order chi connectivity index (χ1) is 10.7. The Morgan fingerprint density at radius 3 is 2.05 bits per heavy atom. The number of carbonyl (C=O) groups excluding carboxylic acids is 2. The minimum Gasteiger partial charge on any atom is -0.447 e. The highest BCUT2D eigenvalue weighted by molar-refractivity contribution is 6.62. The predicted octanol–water partition coefficient (Wildman–Crippen LogP) is 3.39. The predicted molar refractivity (Wildman–Crippen MR) is 82.6 cm³/mol. The molecule has 0 atom stereocenters. The van der Waals surface area contributed by atoms with Crippen LogP contribution in [0.5, 0.6) is 0 Å². The number of ether oxygens (including phenoxy) is 1. The molecule has 2 aromatic rings. The fraction of sp³-hybridized carbons (Fsp3) is 0.125. The van der Waals surface area contributed by atoms with E-state index >= 15 is 0 Å². The molecule has 1 aliphatic rings. The third-order valence-corrected chi connectivity index (χ3v) is 3.70. The number of nitrogens with one attached hydrogen (secondary N) is 2. The minimum absolute atomic E-state index is 0.0233. The van der Waals surface area contributed by atoms with Gasteiger partial charge in [0.15, 0.2) is 0 Å². The maximum absolute atomic E-state index is 11.5. The number of hydrazine groups is 1. The summed E-state index contributed by atoms with van der Waals surface area (Å²) >= 11 is 5.06. The van der Waals surface area contributed by atoms with Crippen LogP contribution >= 0.6 is 11.6 Å². The van der Waals surface area contributed by atoms with E-state index in [4.69, 9.17) is 16.3 Å². The van der Waals surface area contributed by atoms with Crippen LogP contribution in [-0.2, 0) is 4.74 Å². The van der Waals surface area contributed by atoms with E-state index in [1.54, 1.807) is 0 Å². The molecule has 0 heterocycles. The Labute approximate surface area is 132 Å². The summed E-state index contributed by atoms with van der Waals surface area (Å²) in [5.74, 6) is -0.0233. The van der Waals surface area contributed by atoms with E-state index in [0.717, 1.165) is 22.3 Å². The fourth-order valence-corrected chi connectivity index (χ4v) is 2.78. The lowest BCUT2D eigenvalue weighted by Gasteiger charge is -2.14. The lowest BCUT2D eigenvalue weighted by atomic mass is 9.98. The van der Waals surface area contributed by atoms with Crippen molar-refractivity contribution < 1.29 is 14.3 Å². The molecule has 2 aromatic carbocycles. The minimum atomic E-state index is -0.881. The van der Waals surface area contributed by atoms with Crippen LogP contribution in [0.1, 0.15) is 17.0 Å². The maximum Gasteiger partial charge on any atom is 0.426 e. The van der Waals surface area contributed by atoms with Crippen LogP contribution in [0.2, 0.25) is 0 Å². The maximum atomic E-state index is 11.5. The molecule has 112 valence electrons. The van der Waals surface area contributed by atoms with Crippen LogP contribution < -0.4 is 10.9 Å². The molecular weight excluding hydrogens is 304 g/mol. The van der Waals surface area contributed by atoms with Crippen LogP contribution in [0.15, 0.2) is 48.5 Å². The van der Waals surface area contributed by atoms with Gasteiger partial charge in [-0.2, -0.15) is 0 Å². The average Bonchev–Trinajstić information content (AvgIpc) is 2.85. The second kappa shape index (κ2) is 6.07. The molecule has 2 N–H and O–H groups in total. The number of hydrogen-bond donors (Lipinski definition) is 2. The van der Waals surface area contributed by atoms with E-state index in [9.17, 15) is 9.59 Å². The Morgan fingerprint density at radius 2 is 1.50 bits per heavy atom. The Hall–Kier alpha value is -2.53. The van der Waals surface area contributed by atoms with E-state index in [2.05, 4.69) is 17.6 Å². The van der Waals surface area contributed by atoms with Crippen LogP contribution in [0, 0.1) is 0 Å². The quantitative estimate of drug-likeness (QED) is 0.507. The van der Waals surface area contributed by atoms with Crippen LogP contribution in [0.25, 0.3) is 11.1 Å². The Kier molecular flexibility index (Phi) is 3.98. The summed E-state index contributed by atoms with van der Waals surface area (Å²) in [6.45, 7) is 0.179. The summed E-state index contributed by atoms with van der Waals surface area (Å²) in [6.07, 6.45) is -0.754. The smallest absolute Gasteiger partial charge is 0.426 e. The van der Waals surface area contributed by atoms with Gasteiger partial charge in [0.25, 0.3) is 0 Å². The van der Waals surface area contributed by atoms with E-state index < -0.39 is 11.5 Å². The van der Waals surface area contributed by atoms with Gasteiger partial charge >= 0.3 is 11.5 Å². The molecular formula is C16H13ClN2O3. The number of hydrogen-bond acceptors (Lipinski definition) is 3. The molecule has 5 nitrogen and oxygen atoms in total. The van der Waals surface area contributed by atoms with Crippen molar-refractivity contribution in [2.24, 2.45) is 0 Å². The van der Waals surface area contributed by atoms with Gasteiger partial charge in [-0.1, -0.05) is 48.5 Å². The number of benzene rings is 2. The third-order valence-electron chi connectivity index (χ3n) is 3.61. The van der Waals surface area contributed by atoms with Gasteiger partial charge in [0.1, 0.15) is 6.61 Å². The van der Waals surface area contributed by atoms with Crippen molar-refractivity contribution in [3.05, 3.63) is 59.7 Å². The van der Waals surface area contributed by atoms with Crippen molar-refractivity contribution in [1.29, 1.82) is 0 Å². The molecule has 2 amide bonds. The summed E-state index contributed by atoms with van der Waals surface area (Å²) in [4.78, 5) is 22.0. The first-order valence-electron chi connectivity index (χ1n) is 6.73. The van der Waals surface area contributed by atoms with Gasteiger partial charge in [0.05, 0.1) is 0 Å². The molecule has 0 aromatic heterocycles. The first-order valence-corrected chi connectivity index (χ1v) is 7.11. The summed E-state index contributed by atoms with van der Waals surface area (Å²) in [7, 11) is 0. The first kappa shape index (κ1) is 14.4. The molecule has 0 bridgehead atoms. The topological polar surface area (TPSA) is 67.4 Å². The van der Waals surface area contributed by atoms with Crippen molar-refractivity contribution in [2.45, 2.75) is 5.92 Å². The molecule has 1 aliphatic carbocycles. The van der Waals surface area contributed by atoms with Gasteiger partial charge < -0.3 is 4.74 Å². The number of rotatable bonds is 2. The summed E-state index contributed by atoms with van der Waals surface area (Å²) in [6, 6.07) is 16.1. The van der Waals surface area contributed by atoms with E-state index in [1.807, 2.05) is 41.8 Å². The summed E-state index contributed by atoms with van der Waals surface area (Å²) < 4.78 is 5.17. The molecule has 22 heavy (non-hydrogen) atoms. The van der Waals surface area contributed by atoms with Gasteiger partial charge in [-0.25, -0.2) is 10.2 Å². The van der Waals surface area contributed by atoms with Crippen molar-refractivity contribution in [3.63, 3.8) is 0 Å². The largest absolute Gasteiger partial charge is 0.447 e. The SMILES string of the molecule is O=C(Cl)NNC(=O)OCC1c2ccccc2-c2ccccc21. The van der Waals surface area contributed by atoms with Crippen molar-refractivity contribution >= 4 is 23.1 Å². The third kappa shape index (κ3) is 2.76. The zero-order valence-electron chi connectivity index (χ0n) is 11.5. The molecule has 0 saturated heterocycles. The molecule has 0 fully saturated rings. The second-order valence-electron chi connectivity index (χ2n) is 4.85. The Morgan fingerprint density at radius 1 is 0.955 bits per heavy atom. The number of fused-ring (bicyclic) bond motifs is 3. The Bertz CT molecular complexity index is 687. The molecule has 0 unspecified atom stereocenters. The van der Waals surface area contributed by atoms with Gasteiger partial charge in [-0.05, 0) is 33.9 Å². The van der Waals surface area contributed by atoms with Crippen molar-refractivity contribution in [3.8, 4) is 11.1 Å². The normalized spacial score (nSPS) is 12.2. The van der Waals surface area contributed by atoms with Gasteiger partial charge in [-0.15, -0.1) is 0 Å². The summed E-state index contributed by atoms with van der Waals surface area (Å²) in [5, 5.41) is -0.881. The van der Waals surface area contributed by atoms with Crippen LogP contribution in [0.3, 0.4) is 0 Å². The second-order valence-corrected chi connectivity index (χ2v) is 5.19. The van der Waals surface area contributed by atoms with Gasteiger partial charge in [0, 0.05) is 5.92 Å². The molecule has 6 heteroatoms. The number of carbonyl (C=O) groups is 2. The lowest BCUT2D eigenvalue weighted by molar-refractivity contribution is 0.139. The van der Waals surface area contributed by atoms with Crippen molar-refractivity contribution in [2.75, 3.05) is 6.61 Å². The van der Waals surface area contributed by atoms with E-state index in [0.29, 0.717) is 0 Å². The monoisotopic (exact) mass is 316 g/mol. The standard InChI is InChI=1S/C16H13ClN2O3/c17-15(20)18-19-16(21)22-9-14-12-7-3-1-5-10(12)11-6-2-4-8-13(11)14/h1-8,14H,9H2,(H,18,20)(H,19,21). The van der Waals surface area contributed by atoms with E-state index in [-0.39, 0.29) is 12.5 Å².